The van der Waals surface area contributed by atoms with Gasteiger partial charge in [0, 0.05) is 18.0 Å². The lowest BCUT2D eigenvalue weighted by atomic mass is 10.1. The maximum atomic E-state index is 11.7. The number of nitrogens with two attached hydrogens (primary N) is 1. The molecule has 0 radical (unpaired) electrons. The minimum absolute atomic E-state index is 0.329. The number of nitrogens with zero attached hydrogens (tertiary/aromatic N) is 2. The number of aromatic nitrogens is 2. The number of rotatable bonds is 3. The van der Waals surface area contributed by atoms with E-state index < -0.39 is 6.09 Å². The number of carbonyl (C=O) groups excluding carboxylic acids is 1. The SMILES string of the molecule is CC(C)(C)NC(=O)Oc1ccc(Cc2cc(N)ncn2)cc1. The fraction of sp³-hybridized carbons (Fsp3) is 0.312. The van der Waals surface area contributed by atoms with Gasteiger partial charge in [-0.3, -0.25) is 0 Å². The van der Waals surface area contributed by atoms with Crippen LogP contribution in [-0.2, 0) is 6.42 Å². The summed E-state index contributed by atoms with van der Waals surface area (Å²) >= 11 is 0. The summed E-state index contributed by atoms with van der Waals surface area (Å²) in [5, 5.41) is 2.74. The summed E-state index contributed by atoms with van der Waals surface area (Å²) in [6.07, 6.45) is 1.61. The molecule has 0 spiro atoms. The van der Waals surface area contributed by atoms with Crippen molar-refractivity contribution in [2.75, 3.05) is 5.73 Å². The van der Waals surface area contributed by atoms with E-state index in [1.807, 2.05) is 32.9 Å². The Morgan fingerprint density at radius 3 is 2.50 bits per heavy atom. The Hall–Kier alpha value is -2.63. The zero-order valence-electron chi connectivity index (χ0n) is 13.0. The van der Waals surface area contributed by atoms with Crippen LogP contribution >= 0.6 is 0 Å². The predicted octanol–water partition coefficient (Wildman–Crippen LogP) is 2.54. The molecule has 6 nitrogen and oxygen atoms in total. The summed E-state index contributed by atoms with van der Waals surface area (Å²) in [5.74, 6) is 0.941. The molecular formula is C16H20N4O2. The van der Waals surface area contributed by atoms with Gasteiger partial charge in [-0.2, -0.15) is 0 Å². The van der Waals surface area contributed by atoms with E-state index in [0.29, 0.717) is 18.0 Å². The summed E-state index contributed by atoms with van der Waals surface area (Å²) in [5.41, 5.74) is 7.18. The zero-order chi connectivity index (χ0) is 16.2. The van der Waals surface area contributed by atoms with Gasteiger partial charge in [0.15, 0.2) is 0 Å². The lowest BCUT2D eigenvalue weighted by Gasteiger charge is -2.19. The van der Waals surface area contributed by atoms with Gasteiger partial charge in [0.05, 0.1) is 5.69 Å². The molecule has 1 heterocycles. The van der Waals surface area contributed by atoms with Gasteiger partial charge in [-0.25, -0.2) is 14.8 Å². The summed E-state index contributed by atoms with van der Waals surface area (Å²) in [7, 11) is 0. The monoisotopic (exact) mass is 300 g/mol. The first-order valence-electron chi connectivity index (χ1n) is 6.97. The normalized spacial score (nSPS) is 11.0. The second-order valence-electron chi connectivity index (χ2n) is 6.02. The number of carbonyl (C=O) groups is 1. The van der Waals surface area contributed by atoms with Gasteiger partial charge in [-0.15, -0.1) is 0 Å². The first kappa shape index (κ1) is 15.8. The molecule has 0 atom stereocenters. The molecular weight excluding hydrogens is 280 g/mol. The van der Waals surface area contributed by atoms with Crippen LogP contribution in [0.15, 0.2) is 36.7 Å². The smallest absolute Gasteiger partial charge is 0.410 e. The van der Waals surface area contributed by atoms with Crippen LogP contribution in [-0.4, -0.2) is 21.6 Å². The van der Waals surface area contributed by atoms with Crippen LogP contribution < -0.4 is 15.8 Å². The number of nitrogen functional groups attached to an aromatic ring is 1. The van der Waals surface area contributed by atoms with Crippen molar-refractivity contribution in [2.45, 2.75) is 32.7 Å². The Labute approximate surface area is 129 Å². The number of hydrogen-bond acceptors (Lipinski definition) is 5. The van der Waals surface area contributed by atoms with E-state index in [0.717, 1.165) is 11.3 Å². The summed E-state index contributed by atoms with van der Waals surface area (Å²) in [4.78, 5) is 19.7. The highest BCUT2D eigenvalue weighted by Gasteiger charge is 2.15. The topological polar surface area (TPSA) is 90.1 Å². The number of nitrogens with one attached hydrogen (secondary N) is 1. The van der Waals surface area contributed by atoms with Crippen LogP contribution in [0.5, 0.6) is 5.75 Å². The molecule has 0 unspecified atom stereocenters. The van der Waals surface area contributed by atoms with Gasteiger partial charge >= 0.3 is 6.09 Å². The Morgan fingerprint density at radius 1 is 1.23 bits per heavy atom. The molecule has 0 aliphatic heterocycles. The van der Waals surface area contributed by atoms with E-state index in [9.17, 15) is 4.79 Å². The van der Waals surface area contributed by atoms with Crippen molar-refractivity contribution >= 4 is 11.9 Å². The van der Waals surface area contributed by atoms with E-state index >= 15 is 0 Å². The number of hydrogen-bond donors (Lipinski definition) is 2. The van der Waals surface area contributed by atoms with Crippen LogP contribution in [0, 0.1) is 0 Å². The molecule has 0 aliphatic rings. The molecule has 2 rings (SSSR count). The van der Waals surface area contributed by atoms with Crippen LogP contribution in [0.4, 0.5) is 10.6 Å². The fourth-order valence-corrected chi connectivity index (χ4v) is 1.83. The van der Waals surface area contributed by atoms with E-state index in [4.69, 9.17) is 10.5 Å². The third-order valence-electron chi connectivity index (χ3n) is 2.74. The first-order chi connectivity index (χ1) is 10.3. The van der Waals surface area contributed by atoms with Gasteiger partial charge in [0.2, 0.25) is 0 Å². The largest absolute Gasteiger partial charge is 0.413 e. The maximum Gasteiger partial charge on any atom is 0.413 e. The quantitative estimate of drug-likeness (QED) is 0.909. The highest BCUT2D eigenvalue weighted by Crippen LogP contribution is 2.15. The highest BCUT2D eigenvalue weighted by atomic mass is 16.6. The average Bonchev–Trinajstić information content (AvgIpc) is 2.39. The van der Waals surface area contributed by atoms with Gasteiger partial charge in [0.1, 0.15) is 17.9 Å². The van der Waals surface area contributed by atoms with Crippen molar-refractivity contribution in [3.63, 3.8) is 0 Å². The second kappa shape index (κ2) is 6.43. The Kier molecular flexibility index (Phi) is 4.60. The number of amides is 1. The molecule has 0 fully saturated rings. The fourth-order valence-electron chi connectivity index (χ4n) is 1.83. The van der Waals surface area contributed by atoms with Crippen LogP contribution in [0.1, 0.15) is 32.0 Å². The van der Waals surface area contributed by atoms with Gasteiger partial charge in [-0.1, -0.05) is 12.1 Å². The molecule has 0 saturated heterocycles. The van der Waals surface area contributed by atoms with Crippen molar-refractivity contribution in [3.05, 3.63) is 47.9 Å². The molecule has 2 aromatic rings. The molecule has 0 saturated carbocycles. The molecule has 1 amide bonds. The van der Waals surface area contributed by atoms with Crippen molar-refractivity contribution in [3.8, 4) is 5.75 Å². The number of benzene rings is 1. The van der Waals surface area contributed by atoms with E-state index in [1.165, 1.54) is 6.33 Å². The molecule has 0 bridgehead atoms. The molecule has 0 aliphatic carbocycles. The van der Waals surface area contributed by atoms with E-state index in [1.54, 1.807) is 18.2 Å². The minimum atomic E-state index is -0.469. The third kappa shape index (κ3) is 5.05. The van der Waals surface area contributed by atoms with Crippen LogP contribution in [0.3, 0.4) is 0 Å². The molecule has 22 heavy (non-hydrogen) atoms. The van der Waals surface area contributed by atoms with Crippen molar-refractivity contribution in [1.82, 2.24) is 15.3 Å². The van der Waals surface area contributed by atoms with Gasteiger partial charge < -0.3 is 15.8 Å². The predicted molar refractivity (Wildman–Crippen MR) is 84.6 cm³/mol. The van der Waals surface area contributed by atoms with Crippen molar-refractivity contribution in [1.29, 1.82) is 0 Å². The molecule has 116 valence electrons. The zero-order valence-corrected chi connectivity index (χ0v) is 13.0. The number of anilines is 1. The lowest BCUT2D eigenvalue weighted by Crippen LogP contribution is -2.42. The lowest BCUT2D eigenvalue weighted by molar-refractivity contribution is 0.190. The van der Waals surface area contributed by atoms with Crippen LogP contribution in [0.25, 0.3) is 0 Å². The molecule has 1 aromatic carbocycles. The third-order valence-corrected chi connectivity index (χ3v) is 2.74. The summed E-state index contributed by atoms with van der Waals surface area (Å²) in [6.45, 7) is 5.68. The maximum absolute atomic E-state index is 11.7. The molecule has 6 heteroatoms. The second-order valence-corrected chi connectivity index (χ2v) is 6.02. The standard InChI is InChI=1S/C16H20N4O2/c1-16(2,3)20-15(21)22-13-6-4-11(5-7-13)8-12-9-14(17)19-10-18-12/h4-7,9-10H,8H2,1-3H3,(H,20,21)(H2,17,18,19). The molecule has 1 aromatic heterocycles. The number of ether oxygens (including phenoxy) is 1. The van der Waals surface area contributed by atoms with E-state index in [-0.39, 0.29) is 5.54 Å². The average molecular weight is 300 g/mol. The van der Waals surface area contributed by atoms with Crippen molar-refractivity contribution in [2.24, 2.45) is 0 Å². The van der Waals surface area contributed by atoms with Crippen LogP contribution in [0.2, 0.25) is 0 Å². The Bertz CT molecular complexity index is 648. The van der Waals surface area contributed by atoms with Gasteiger partial charge in [-0.05, 0) is 38.5 Å². The van der Waals surface area contributed by atoms with E-state index in [2.05, 4.69) is 15.3 Å². The highest BCUT2D eigenvalue weighted by molar-refractivity contribution is 5.71. The summed E-state index contributed by atoms with van der Waals surface area (Å²) < 4.78 is 5.22. The molecule has 3 N–H and O–H groups in total. The summed E-state index contributed by atoms with van der Waals surface area (Å²) in [6, 6.07) is 9.02. The Balaban J connectivity index is 1.97. The Morgan fingerprint density at radius 2 is 1.91 bits per heavy atom. The first-order valence-corrected chi connectivity index (χ1v) is 6.97. The minimum Gasteiger partial charge on any atom is -0.410 e. The van der Waals surface area contributed by atoms with Crippen molar-refractivity contribution < 1.29 is 9.53 Å². The van der Waals surface area contributed by atoms with Gasteiger partial charge in [0.25, 0.3) is 0 Å².